The molecule has 0 bridgehead atoms. The van der Waals surface area contributed by atoms with E-state index in [9.17, 15) is 4.79 Å². The van der Waals surface area contributed by atoms with Crippen molar-refractivity contribution in [3.8, 4) is 0 Å². The molecule has 1 amide bonds. The topological polar surface area (TPSA) is 41.1 Å². The Morgan fingerprint density at radius 1 is 1.20 bits per heavy atom. The minimum atomic E-state index is -0.0904. The largest absolute Gasteiger partial charge is 0.322 e. The lowest BCUT2D eigenvalue weighted by molar-refractivity contribution is 0.102. The molecule has 2 aromatic carbocycles. The Morgan fingerprint density at radius 2 is 1.95 bits per heavy atom. The zero-order valence-corrected chi connectivity index (χ0v) is 13.1. The van der Waals surface area contributed by atoms with Gasteiger partial charge in [-0.05, 0) is 43.3 Å². The van der Waals surface area contributed by atoms with E-state index < -0.39 is 0 Å². The van der Waals surface area contributed by atoms with E-state index in [-0.39, 0.29) is 5.91 Å². The smallest absolute Gasteiger partial charge is 0.255 e. The Morgan fingerprint density at radius 3 is 2.70 bits per heavy atom. The number of benzene rings is 2. The Labute approximate surface area is 127 Å². The van der Waals surface area contributed by atoms with Gasteiger partial charge in [0.1, 0.15) is 0 Å². The van der Waals surface area contributed by atoms with Gasteiger partial charge in [0, 0.05) is 22.3 Å². The van der Waals surface area contributed by atoms with E-state index in [0.717, 1.165) is 21.3 Å². The SMILES string of the molecule is CNCc1ccccc1NC(=O)c1cc(Br)ccc1C. The molecule has 0 heterocycles. The molecule has 0 atom stereocenters. The molecule has 2 rings (SSSR count). The van der Waals surface area contributed by atoms with Gasteiger partial charge in [0.05, 0.1) is 0 Å². The minimum Gasteiger partial charge on any atom is -0.322 e. The van der Waals surface area contributed by atoms with Gasteiger partial charge in [0.2, 0.25) is 0 Å². The highest BCUT2D eigenvalue weighted by atomic mass is 79.9. The van der Waals surface area contributed by atoms with E-state index in [1.165, 1.54) is 0 Å². The Bertz CT molecular complexity index is 626. The first-order valence-electron chi connectivity index (χ1n) is 6.42. The maximum Gasteiger partial charge on any atom is 0.255 e. The molecule has 0 saturated heterocycles. The molecule has 0 aliphatic carbocycles. The predicted molar refractivity (Wildman–Crippen MR) is 86.0 cm³/mol. The highest BCUT2D eigenvalue weighted by molar-refractivity contribution is 9.10. The molecule has 0 fully saturated rings. The molecule has 0 aromatic heterocycles. The highest BCUT2D eigenvalue weighted by Gasteiger charge is 2.11. The van der Waals surface area contributed by atoms with Crippen LogP contribution < -0.4 is 10.6 Å². The maximum absolute atomic E-state index is 12.4. The number of carbonyl (C=O) groups is 1. The number of aryl methyl sites for hydroxylation is 1. The summed E-state index contributed by atoms with van der Waals surface area (Å²) < 4.78 is 0.900. The van der Waals surface area contributed by atoms with E-state index in [1.807, 2.05) is 56.4 Å². The zero-order chi connectivity index (χ0) is 14.5. The summed E-state index contributed by atoms with van der Waals surface area (Å²) in [5.41, 5.74) is 3.54. The number of carbonyl (C=O) groups excluding carboxylic acids is 1. The van der Waals surface area contributed by atoms with Crippen LogP contribution in [-0.2, 0) is 6.54 Å². The van der Waals surface area contributed by atoms with Crippen molar-refractivity contribution in [2.75, 3.05) is 12.4 Å². The number of hydrogen-bond donors (Lipinski definition) is 2. The molecule has 0 spiro atoms. The van der Waals surface area contributed by atoms with Crippen LogP contribution in [0, 0.1) is 6.92 Å². The van der Waals surface area contributed by atoms with Crippen molar-refractivity contribution < 1.29 is 4.79 Å². The molecular formula is C16H17BrN2O. The fraction of sp³-hybridized carbons (Fsp3) is 0.188. The second-order valence-corrected chi connectivity index (χ2v) is 5.52. The molecule has 0 aliphatic rings. The summed E-state index contributed by atoms with van der Waals surface area (Å²) in [4.78, 5) is 12.4. The van der Waals surface area contributed by atoms with Gasteiger partial charge in [-0.3, -0.25) is 4.79 Å². The van der Waals surface area contributed by atoms with Crippen LogP contribution >= 0.6 is 15.9 Å². The fourth-order valence-electron chi connectivity index (χ4n) is 2.02. The average molecular weight is 333 g/mol. The Kier molecular flexibility index (Phi) is 4.93. The zero-order valence-electron chi connectivity index (χ0n) is 11.5. The van der Waals surface area contributed by atoms with Crippen LogP contribution in [-0.4, -0.2) is 13.0 Å². The van der Waals surface area contributed by atoms with Gasteiger partial charge in [-0.1, -0.05) is 40.2 Å². The van der Waals surface area contributed by atoms with Gasteiger partial charge in [-0.2, -0.15) is 0 Å². The number of amides is 1. The third-order valence-electron chi connectivity index (χ3n) is 3.08. The van der Waals surface area contributed by atoms with Crippen molar-refractivity contribution >= 4 is 27.5 Å². The third kappa shape index (κ3) is 3.46. The van der Waals surface area contributed by atoms with Gasteiger partial charge in [-0.15, -0.1) is 0 Å². The van der Waals surface area contributed by atoms with Crippen LogP contribution in [0.2, 0.25) is 0 Å². The molecule has 20 heavy (non-hydrogen) atoms. The van der Waals surface area contributed by atoms with Gasteiger partial charge in [-0.25, -0.2) is 0 Å². The van der Waals surface area contributed by atoms with Crippen LogP contribution in [0.5, 0.6) is 0 Å². The molecule has 4 heteroatoms. The first kappa shape index (κ1) is 14.8. The summed E-state index contributed by atoms with van der Waals surface area (Å²) in [6.45, 7) is 2.65. The maximum atomic E-state index is 12.4. The monoisotopic (exact) mass is 332 g/mol. The Hall–Kier alpha value is -1.65. The lowest BCUT2D eigenvalue weighted by Gasteiger charge is -2.12. The summed E-state index contributed by atoms with van der Waals surface area (Å²) in [6.07, 6.45) is 0. The van der Waals surface area contributed by atoms with E-state index >= 15 is 0 Å². The normalized spacial score (nSPS) is 10.3. The van der Waals surface area contributed by atoms with Gasteiger partial charge in [0.25, 0.3) is 5.91 Å². The predicted octanol–water partition coefficient (Wildman–Crippen LogP) is 3.73. The number of rotatable bonds is 4. The molecule has 0 radical (unpaired) electrons. The minimum absolute atomic E-state index is 0.0904. The number of nitrogens with one attached hydrogen (secondary N) is 2. The molecule has 0 aliphatic heterocycles. The van der Waals surface area contributed by atoms with E-state index in [4.69, 9.17) is 0 Å². The van der Waals surface area contributed by atoms with Crippen LogP contribution in [0.25, 0.3) is 0 Å². The van der Waals surface area contributed by atoms with Crippen molar-refractivity contribution in [1.82, 2.24) is 5.32 Å². The Balaban J connectivity index is 2.26. The number of hydrogen-bond acceptors (Lipinski definition) is 2. The number of para-hydroxylation sites is 1. The highest BCUT2D eigenvalue weighted by Crippen LogP contribution is 2.20. The lowest BCUT2D eigenvalue weighted by atomic mass is 10.1. The van der Waals surface area contributed by atoms with E-state index in [1.54, 1.807) is 0 Å². The summed E-state index contributed by atoms with van der Waals surface area (Å²) in [5.74, 6) is -0.0904. The summed E-state index contributed by atoms with van der Waals surface area (Å²) in [7, 11) is 1.89. The molecular weight excluding hydrogens is 316 g/mol. The average Bonchev–Trinajstić information content (AvgIpc) is 2.44. The third-order valence-corrected chi connectivity index (χ3v) is 3.57. The van der Waals surface area contributed by atoms with Crippen LogP contribution in [0.1, 0.15) is 21.5 Å². The first-order valence-corrected chi connectivity index (χ1v) is 7.21. The molecule has 3 nitrogen and oxygen atoms in total. The van der Waals surface area contributed by atoms with Gasteiger partial charge >= 0.3 is 0 Å². The van der Waals surface area contributed by atoms with Gasteiger partial charge in [0.15, 0.2) is 0 Å². The van der Waals surface area contributed by atoms with Crippen molar-refractivity contribution in [2.24, 2.45) is 0 Å². The van der Waals surface area contributed by atoms with Crippen LogP contribution in [0.3, 0.4) is 0 Å². The molecule has 104 valence electrons. The van der Waals surface area contributed by atoms with Crippen molar-refractivity contribution in [3.05, 3.63) is 63.6 Å². The first-order chi connectivity index (χ1) is 9.61. The summed E-state index contributed by atoms with van der Waals surface area (Å²) >= 11 is 3.40. The number of anilines is 1. The second kappa shape index (κ2) is 6.68. The quantitative estimate of drug-likeness (QED) is 0.895. The van der Waals surface area contributed by atoms with E-state index in [2.05, 4.69) is 26.6 Å². The van der Waals surface area contributed by atoms with Crippen molar-refractivity contribution in [3.63, 3.8) is 0 Å². The van der Waals surface area contributed by atoms with E-state index in [0.29, 0.717) is 12.1 Å². The number of halogens is 1. The van der Waals surface area contributed by atoms with Crippen molar-refractivity contribution in [1.29, 1.82) is 0 Å². The van der Waals surface area contributed by atoms with Crippen molar-refractivity contribution in [2.45, 2.75) is 13.5 Å². The molecule has 0 unspecified atom stereocenters. The van der Waals surface area contributed by atoms with Gasteiger partial charge < -0.3 is 10.6 Å². The molecule has 0 saturated carbocycles. The summed E-state index contributed by atoms with van der Waals surface area (Å²) in [6, 6.07) is 13.5. The lowest BCUT2D eigenvalue weighted by Crippen LogP contribution is -2.16. The van der Waals surface area contributed by atoms with Crippen LogP contribution in [0.15, 0.2) is 46.9 Å². The molecule has 2 N–H and O–H groups in total. The van der Waals surface area contributed by atoms with Crippen LogP contribution in [0.4, 0.5) is 5.69 Å². The standard InChI is InChI=1S/C16H17BrN2O/c1-11-7-8-13(17)9-14(11)16(20)19-15-6-4-3-5-12(15)10-18-2/h3-9,18H,10H2,1-2H3,(H,19,20). The fourth-order valence-corrected chi connectivity index (χ4v) is 2.38. The molecule has 2 aromatic rings. The summed E-state index contributed by atoms with van der Waals surface area (Å²) in [5, 5.41) is 6.08. The second-order valence-electron chi connectivity index (χ2n) is 4.60.